The average molecular weight is 547 g/mol. The zero-order valence-electron chi connectivity index (χ0n) is 23.0. The number of ether oxygens (including phenoxy) is 2. The molecule has 0 unspecified atom stereocenters. The summed E-state index contributed by atoms with van der Waals surface area (Å²) in [7, 11) is 3.01. The van der Waals surface area contributed by atoms with Gasteiger partial charge >= 0.3 is 0 Å². The lowest BCUT2D eigenvalue weighted by molar-refractivity contribution is -0.113. The van der Waals surface area contributed by atoms with Gasteiger partial charge in [0.15, 0.2) is 17.3 Å². The van der Waals surface area contributed by atoms with E-state index in [4.69, 9.17) is 9.47 Å². The van der Waals surface area contributed by atoms with Gasteiger partial charge in [0.05, 0.1) is 14.2 Å². The number of carbonyl (C=O) groups excluding carboxylic acids is 3. The zero-order chi connectivity index (χ0) is 29.2. The summed E-state index contributed by atoms with van der Waals surface area (Å²) in [6.07, 6.45) is 4.83. The third kappa shape index (κ3) is 7.36. The van der Waals surface area contributed by atoms with Crippen LogP contribution in [0.2, 0.25) is 0 Å². The van der Waals surface area contributed by atoms with Gasteiger partial charge in [-0.3, -0.25) is 14.4 Å². The number of ketones is 1. The van der Waals surface area contributed by atoms with Crippen molar-refractivity contribution >= 4 is 35.4 Å². The molecule has 2 N–H and O–H groups in total. The van der Waals surface area contributed by atoms with Gasteiger partial charge in [-0.25, -0.2) is 0 Å². The Morgan fingerprint density at radius 2 is 1.39 bits per heavy atom. The molecule has 206 valence electrons. The van der Waals surface area contributed by atoms with E-state index < -0.39 is 11.8 Å². The van der Waals surface area contributed by atoms with E-state index in [2.05, 4.69) is 10.6 Å². The number of benzene rings is 4. The quantitative estimate of drug-likeness (QED) is 0.179. The predicted octanol–water partition coefficient (Wildman–Crippen LogP) is 6.32. The monoisotopic (exact) mass is 546 g/mol. The molecule has 0 saturated carbocycles. The third-order valence-corrected chi connectivity index (χ3v) is 6.29. The van der Waals surface area contributed by atoms with Gasteiger partial charge in [-0.2, -0.15) is 0 Å². The van der Waals surface area contributed by atoms with Gasteiger partial charge in [-0.15, -0.1) is 0 Å². The summed E-state index contributed by atoms with van der Waals surface area (Å²) >= 11 is 0. The fourth-order valence-corrected chi connectivity index (χ4v) is 4.08. The van der Waals surface area contributed by atoms with Gasteiger partial charge in [0.25, 0.3) is 11.8 Å². The minimum Gasteiger partial charge on any atom is -0.493 e. The molecule has 0 bridgehead atoms. The van der Waals surface area contributed by atoms with E-state index in [-0.39, 0.29) is 11.5 Å². The number of hydrogen-bond acceptors (Lipinski definition) is 5. The van der Waals surface area contributed by atoms with Gasteiger partial charge in [-0.05, 0) is 72.7 Å². The number of carbonyl (C=O) groups is 3. The first-order valence-corrected chi connectivity index (χ1v) is 12.9. The summed E-state index contributed by atoms with van der Waals surface area (Å²) in [6.45, 7) is 1.98. The number of aryl methyl sites for hydroxylation is 1. The Hall–Kier alpha value is -5.43. The van der Waals surface area contributed by atoms with Crippen LogP contribution in [0.3, 0.4) is 0 Å². The molecule has 41 heavy (non-hydrogen) atoms. The Bertz CT molecular complexity index is 1610. The van der Waals surface area contributed by atoms with Crippen molar-refractivity contribution in [3.8, 4) is 11.5 Å². The summed E-state index contributed by atoms with van der Waals surface area (Å²) in [5.74, 6) is -0.275. The molecular weight excluding hydrogens is 516 g/mol. The minimum atomic E-state index is -0.558. The van der Waals surface area contributed by atoms with Gasteiger partial charge < -0.3 is 20.1 Å². The maximum absolute atomic E-state index is 13.4. The van der Waals surface area contributed by atoms with E-state index in [1.165, 1.54) is 26.4 Å². The highest BCUT2D eigenvalue weighted by Gasteiger charge is 2.17. The van der Waals surface area contributed by atoms with Crippen molar-refractivity contribution in [2.24, 2.45) is 0 Å². The lowest BCUT2D eigenvalue weighted by Gasteiger charge is -2.14. The van der Waals surface area contributed by atoms with E-state index >= 15 is 0 Å². The molecule has 4 aromatic carbocycles. The number of nitrogens with one attached hydrogen (secondary N) is 2. The standard InChI is InChI=1S/C34H30N2O5/c1-23-10-7-8-11-24(23)18-21-30(37)25-16-19-28(20-17-25)35-34(39)29(36-33(38)26-12-5-4-6-13-26)22-27-14-9-15-31(40-2)32(27)41-3/h4-22H,1-3H3,(H,35,39)(H,36,38)/b21-18+,29-22-. The summed E-state index contributed by atoms with van der Waals surface area (Å²) in [5.41, 5.74) is 3.89. The Balaban J connectivity index is 1.56. The highest BCUT2D eigenvalue weighted by atomic mass is 16.5. The van der Waals surface area contributed by atoms with Crippen LogP contribution in [0.15, 0.2) is 109 Å². The molecular formula is C34H30N2O5. The first-order valence-electron chi connectivity index (χ1n) is 12.9. The van der Waals surface area contributed by atoms with Gasteiger partial charge in [-0.1, -0.05) is 60.7 Å². The molecule has 0 aliphatic rings. The molecule has 7 nitrogen and oxygen atoms in total. The molecule has 4 rings (SSSR count). The molecule has 0 spiro atoms. The van der Waals surface area contributed by atoms with Crippen molar-refractivity contribution in [3.63, 3.8) is 0 Å². The van der Waals surface area contributed by atoms with Crippen molar-refractivity contribution in [1.82, 2.24) is 5.32 Å². The third-order valence-electron chi connectivity index (χ3n) is 6.29. The van der Waals surface area contributed by atoms with E-state index in [1.807, 2.05) is 31.2 Å². The first kappa shape index (κ1) is 28.6. The van der Waals surface area contributed by atoms with Crippen LogP contribution in [-0.4, -0.2) is 31.8 Å². The van der Waals surface area contributed by atoms with E-state index in [9.17, 15) is 14.4 Å². The molecule has 0 aromatic heterocycles. The van der Waals surface area contributed by atoms with E-state index in [0.717, 1.165) is 11.1 Å². The number of amides is 2. The topological polar surface area (TPSA) is 93.7 Å². The summed E-state index contributed by atoms with van der Waals surface area (Å²) in [5, 5.41) is 5.50. The molecule has 0 aliphatic carbocycles. The van der Waals surface area contributed by atoms with Crippen LogP contribution in [0.4, 0.5) is 5.69 Å². The van der Waals surface area contributed by atoms with Gasteiger partial charge in [0, 0.05) is 22.4 Å². The number of anilines is 1. The van der Waals surface area contributed by atoms with E-state index in [0.29, 0.717) is 33.9 Å². The van der Waals surface area contributed by atoms with Gasteiger partial charge in [0.1, 0.15) is 5.70 Å². The normalized spacial score (nSPS) is 11.1. The maximum Gasteiger partial charge on any atom is 0.272 e. The Kier molecular flexibility index (Phi) is 9.46. The van der Waals surface area contributed by atoms with Crippen LogP contribution in [0.1, 0.15) is 37.4 Å². The van der Waals surface area contributed by atoms with Crippen LogP contribution in [0.25, 0.3) is 12.2 Å². The fourth-order valence-electron chi connectivity index (χ4n) is 4.08. The lowest BCUT2D eigenvalue weighted by atomic mass is 10.1. The largest absolute Gasteiger partial charge is 0.493 e. The van der Waals surface area contributed by atoms with Crippen molar-refractivity contribution in [2.45, 2.75) is 6.92 Å². The van der Waals surface area contributed by atoms with Crippen molar-refractivity contribution in [2.75, 3.05) is 19.5 Å². The van der Waals surface area contributed by atoms with Crippen molar-refractivity contribution < 1.29 is 23.9 Å². The lowest BCUT2D eigenvalue weighted by Crippen LogP contribution is -2.30. The molecule has 0 saturated heterocycles. The molecule has 4 aromatic rings. The number of para-hydroxylation sites is 1. The van der Waals surface area contributed by atoms with Crippen LogP contribution in [-0.2, 0) is 4.79 Å². The number of rotatable bonds is 10. The summed E-state index contributed by atoms with van der Waals surface area (Å²) in [6, 6.07) is 28.2. The second kappa shape index (κ2) is 13.6. The summed E-state index contributed by atoms with van der Waals surface area (Å²) < 4.78 is 10.9. The van der Waals surface area contributed by atoms with Crippen LogP contribution >= 0.6 is 0 Å². The molecule has 0 fully saturated rings. The molecule has 7 heteroatoms. The smallest absolute Gasteiger partial charge is 0.272 e. The second-order valence-corrected chi connectivity index (χ2v) is 9.05. The van der Waals surface area contributed by atoms with Gasteiger partial charge in [0.2, 0.25) is 0 Å². The fraction of sp³-hybridized carbons (Fsp3) is 0.0882. The maximum atomic E-state index is 13.4. The number of methoxy groups -OCH3 is 2. The molecule has 0 radical (unpaired) electrons. The Labute approximate surface area is 239 Å². The summed E-state index contributed by atoms with van der Waals surface area (Å²) in [4.78, 5) is 39.0. The average Bonchev–Trinajstić information content (AvgIpc) is 3.00. The Morgan fingerprint density at radius 3 is 2.07 bits per heavy atom. The zero-order valence-corrected chi connectivity index (χ0v) is 23.0. The van der Waals surface area contributed by atoms with Crippen LogP contribution in [0, 0.1) is 6.92 Å². The number of hydrogen-bond donors (Lipinski definition) is 2. The highest BCUT2D eigenvalue weighted by molar-refractivity contribution is 6.11. The van der Waals surface area contributed by atoms with Crippen LogP contribution < -0.4 is 20.1 Å². The predicted molar refractivity (Wildman–Crippen MR) is 161 cm³/mol. The van der Waals surface area contributed by atoms with Crippen molar-refractivity contribution in [1.29, 1.82) is 0 Å². The highest BCUT2D eigenvalue weighted by Crippen LogP contribution is 2.32. The molecule has 2 amide bonds. The Morgan fingerprint density at radius 1 is 0.707 bits per heavy atom. The SMILES string of the molecule is COc1cccc(/C=C(\NC(=O)c2ccccc2)C(=O)Nc2ccc(C(=O)/C=C/c3ccccc3C)cc2)c1OC. The second-order valence-electron chi connectivity index (χ2n) is 9.05. The molecule has 0 heterocycles. The first-order chi connectivity index (χ1) is 19.9. The van der Waals surface area contributed by atoms with E-state index in [1.54, 1.807) is 78.9 Å². The molecule has 0 aliphatic heterocycles. The van der Waals surface area contributed by atoms with Crippen LogP contribution in [0.5, 0.6) is 11.5 Å². The van der Waals surface area contributed by atoms with Crippen molar-refractivity contribution in [3.05, 3.63) is 137 Å². The minimum absolute atomic E-state index is 0.00766. The number of allylic oxidation sites excluding steroid dienone is 1. The molecule has 0 atom stereocenters.